The van der Waals surface area contributed by atoms with Crippen molar-refractivity contribution in [2.75, 3.05) is 0 Å². The van der Waals surface area contributed by atoms with Crippen LogP contribution in [-0.4, -0.2) is 5.78 Å². The van der Waals surface area contributed by atoms with Gasteiger partial charge in [-0.2, -0.15) is 0 Å². The third kappa shape index (κ3) is 2.59. The first-order chi connectivity index (χ1) is 8.24. The predicted octanol–water partition coefficient (Wildman–Crippen LogP) is 4.11. The molecule has 0 radical (unpaired) electrons. The fraction of sp³-hybridized carbons (Fsp3) is 0.562. The highest BCUT2D eigenvalue weighted by atomic mass is 16.1. The molecule has 17 heavy (non-hydrogen) atoms. The average molecular weight is 230 g/mol. The summed E-state index contributed by atoms with van der Waals surface area (Å²) in [7, 11) is 0. The Labute approximate surface area is 104 Å². The number of benzene rings is 1. The quantitative estimate of drug-likeness (QED) is 0.760. The Kier molecular flexibility index (Phi) is 3.98. The number of aryl methyl sites for hydroxylation is 1. The van der Waals surface area contributed by atoms with Crippen LogP contribution < -0.4 is 0 Å². The molecular formula is C16H22O. The Hall–Kier alpha value is -1.11. The van der Waals surface area contributed by atoms with Gasteiger partial charge in [-0.05, 0) is 36.8 Å². The van der Waals surface area contributed by atoms with Gasteiger partial charge in [0.25, 0.3) is 0 Å². The Morgan fingerprint density at radius 3 is 2.94 bits per heavy atom. The van der Waals surface area contributed by atoms with Gasteiger partial charge in [0.1, 0.15) is 5.78 Å². The summed E-state index contributed by atoms with van der Waals surface area (Å²) in [5.41, 5.74) is 2.69. The molecule has 1 aliphatic rings. The van der Waals surface area contributed by atoms with Crippen LogP contribution in [0.25, 0.3) is 0 Å². The molecule has 0 saturated carbocycles. The Bertz CT molecular complexity index is 394. The number of ketones is 1. The summed E-state index contributed by atoms with van der Waals surface area (Å²) in [4.78, 5) is 12.5. The van der Waals surface area contributed by atoms with Gasteiger partial charge in [0.05, 0.1) is 0 Å². The summed E-state index contributed by atoms with van der Waals surface area (Å²) in [6, 6.07) is 8.48. The van der Waals surface area contributed by atoms with Crippen LogP contribution in [0.5, 0.6) is 0 Å². The maximum Gasteiger partial charge on any atom is 0.143 e. The van der Waals surface area contributed by atoms with E-state index in [1.165, 1.54) is 11.1 Å². The molecule has 92 valence electrons. The van der Waals surface area contributed by atoms with Crippen molar-refractivity contribution in [3.63, 3.8) is 0 Å². The lowest BCUT2D eigenvalue weighted by Gasteiger charge is -2.26. The maximum absolute atomic E-state index is 12.5. The number of Topliss-reactive ketones (excluding diaryl/α,β-unsaturated/α-hetero) is 1. The van der Waals surface area contributed by atoms with E-state index in [1.54, 1.807) is 0 Å². The van der Waals surface area contributed by atoms with Crippen molar-refractivity contribution in [3.05, 3.63) is 35.4 Å². The number of hydrogen-bond donors (Lipinski definition) is 0. The van der Waals surface area contributed by atoms with Gasteiger partial charge in [0.2, 0.25) is 0 Å². The minimum atomic E-state index is 0.168. The second-order valence-electron chi connectivity index (χ2n) is 5.24. The van der Waals surface area contributed by atoms with E-state index >= 15 is 0 Å². The molecule has 1 aromatic carbocycles. The Morgan fingerprint density at radius 1 is 1.41 bits per heavy atom. The molecule has 0 spiro atoms. The molecule has 0 aliphatic heterocycles. The first-order valence-electron chi connectivity index (χ1n) is 6.85. The second-order valence-corrected chi connectivity index (χ2v) is 5.24. The van der Waals surface area contributed by atoms with E-state index in [9.17, 15) is 4.79 Å². The van der Waals surface area contributed by atoms with Gasteiger partial charge in [0.15, 0.2) is 0 Å². The van der Waals surface area contributed by atoms with Crippen LogP contribution in [0.4, 0.5) is 0 Å². The normalized spacial score (nSPS) is 20.7. The molecule has 1 heteroatoms. The molecule has 0 N–H and O–H groups in total. The fourth-order valence-corrected chi connectivity index (χ4v) is 2.97. The van der Waals surface area contributed by atoms with E-state index in [0.717, 1.165) is 32.1 Å². The van der Waals surface area contributed by atoms with Crippen molar-refractivity contribution in [2.45, 2.75) is 51.9 Å². The van der Waals surface area contributed by atoms with Crippen LogP contribution in [0, 0.1) is 5.92 Å². The van der Waals surface area contributed by atoms with Crippen LogP contribution in [0.2, 0.25) is 0 Å². The Balaban J connectivity index is 2.20. The fourth-order valence-electron chi connectivity index (χ4n) is 2.97. The van der Waals surface area contributed by atoms with Crippen LogP contribution in [0.3, 0.4) is 0 Å². The summed E-state index contributed by atoms with van der Waals surface area (Å²) in [6.07, 6.45) is 5.47. The highest BCUT2D eigenvalue weighted by molar-refractivity contribution is 5.88. The lowest BCUT2D eigenvalue weighted by molar-refractivity contribution is -0.124. The lowest BCUT2D eigenvalue weighted by Crippen LogP contribution is -2.23. The number of carbonyl (C=O) groups is 1. The molecule has 0 fully saturated rings. The first kappa shape index (κ1) is 12.3. The van der Waals surface area contributed by atoms with E-state index in [4.69, 9.17) is 0 Å². The molecule has 0 heterocycles. The van der Waals surface area contributed by atoms with Crippen LogP contribution in [0.15, 0.2) is 24.3 Å². The third-order valence-corrected chi connectivity index (χ3v) is 3.92. The summed E-state index contributed by atoms with van der Waals surface area (Å²) in [6.45, 7) is 4.24. The second kappa shape index (κ2) is 5.48. The molecule has 0 saturated heterocycles. The smallest absolute Gasteiger partial charge is 0.143 e. The van der Waals surface area contributed by atoms with Crippen LogP contribution in [-0.2, 0) is 11.2 Å². The highest BCUT2D eigenvalue weighted by Crippen LogP contribution is 2.34. The van der Waals surface area contributed by atoms with Gasteiger partial charge in [-0.25, -0.2) is 0 Å². The van der Waals surface area contributed by atoms with Gasteiger partial charge in [-0.15, -0.1) is 0 Å². The standard InChI is InChI=1S/C16H22O/c1-3-7-12(2)16(17)15-11-6-9-13-8-4-5-10-14(13)15/h4-5,8,10,12,15H,3,6-7,9,11H2,1-2H3. The Morgan fingerprint density at radius 2 is 2.18 bits per heavy atom. The summed E-state index contributed by atoms with van der Waals surface area (Å²) < 4.78 is 0. The first-order valence-corrected chi connectivity index (χ1v) is 6.85. The van der Waals surface area contributed by atoms with Gasteiger partial charge in [-0.3, -0.25) is 4.79 Å². The monoisotopic (exact) mass is 230 g/mol. The molecule has 1 aromatic rings. The molecule has 0 amide bonds. The summed E-state index contributed by atoms with van der Waals surface area (Å²) >= 11 is 0. The number of carbonyl (C=O) groups excluding carboxylic acids is 1. The molecule has 0 aromatic heterocycles. The van der Waals surface area contributed by atoms with E-state index in [-0.39, 0.29) is 11.8 Å². The minimum absolute atomic E-state index is 0.168. The number of fused-ring (bicyclic) bond motifs is 1. The maximum atomic E-state index is 12.5. The van der Waals surface area contributed by atoms with Crippen molar-refractivity contribution in [2.24, 2.45) is 5.92 Å². The molecule has 1 aliphatic carbocycles. The molecule has 0 bridgehead atoms. The van der Waals surface area contributed by atoms with E-state index in [2.05, 4.69) is 38.1 Å². The van der Waals surface area contributed by atoms with Crippen molar-refractivity contribution in [1.82, 2.24) is 0 Å². The summed E-state index contributed by atoms with van der Waals surface area (Å²) in [5, 5.41) is 0. The zero-order chi connectivity index (χ0) is 12.3. The van der Waals surface area contributed by atoms with Crippen LogP contribution >= 0.6 is 0 Å². The minimum Gasteiger partial charge on any atom is -0.299 e. The van der Waals surface area contributed by atoms with Gasteiger partial charge in [-0.1, -0.05) is 44.5 Å². The molecule has 2 unspecified atom stereocenters. The lowest BCUT2D eigenvalue weighted by atomic mass is 9.77. The van der Waals surface area contributed by atoms with Crippen molar-refractivity contribution in [1.29, 1.82) is 0 Å². The van der Waals surface area contributed by atoms with E-state index in [0.29, 0.717) is 5.78 Å². The molecule has 1 nitrogen and oxygen atoms in total. The number of rotatable bonds is 4. The van der Waals surface area contributed by atoms with E-state index in [1.807, 2.05) is 0 Å². The van der Waals surface area contributed by atoms with Crippen molar-refractivity contribution in [3.8, 4) is 0 Å². The van der Waals surface area contributed by atoms with E-state index < -0.39 is 0 Å². The van der Waals surface area contributed by atoms with Crippen molar-refractivity contribution >= 4 is 5.78 Å². The third-order valence-electron chi connectivity index (χ3n) is 3.92. The van der Waals surface area contributed by atoms with Gasteiger partial charge >= 0.3 is 0 Å². The summed E-state index contributed by atoms with van der Waals surface area (Å²) in [5.74, 6) is 0.844. The number of hydrogen-bond acceptors (Lipinski definition) is 1. The highest BCUT2D eigenvalue weighted by Gasteiger charge is 2.28. The topological polar surface area (TPSA) is 17.1 Å². The predicted molar refractivity (Wildman–Crippen MR) is 71.2 cm³/mol. The molecule has 2 atom stereocenters. The van der Waals surface area contributed by atoms with Gasteiger partial charge in [0, 0.05) is 11.8 Å². The largest absolute Gasteiger partial charge is 0.299 e. The zero-order valence-corrected chi connectivity index (χ0v) is 10.9. The molecular weight excluding hydrogens is 208 g/mol. The SMILES string of the molecule is CCCC(C)C(=O)C1CCCc2ccccc21. The van der Waals surface area contributed by atoms with Gasteiger partial charge < -0.3 is 0 Å². The van der Waals surface area contributed by atoms with Crippen LogP contribution in [0.1, 0.15) is 56.6 Å². The average Bonchev–Trinajstić information content (AvgIpc) is 2.37. The molecule has 2 rings (SSSR count). The van der Waals surface area contributed by atoms with Crippen molar-refractivity contribution < 1.29 is 4.79 Å². The zero-order valence-electron chi connectivity index (χ0n) is 10.9.